The summed E-state index contributed by atoms with van der Waals surface area (Å²) in [5.74, 6) is -0.259. The van der Waals surface area contributed by atoms with E-state index in [1.807, 2.05) is 28.1 Å². The van der Waals surface area contributed by atoms with E-state index in [1.54, 1.807) is 12.1 Å². The molecule has 4 nitrogen and oxygen atoms in total. The molecule has 0 radical (unpaired) electrons. The van der Waals surface area contributed by atoms with Gasteiger partial charge in [-0.25, -0.2) is 14.4 Å². The van der Waals surface area contributed by atoms with E-state index in [9.17, 15) is 4.39 Å². The second-order valence-electron chi connectivity index (χ2n) is 5.93. The third-order valence-corrected chi connectivity index (χ3v) is 5.65. The maximum absolute atomic E-state index is 13.1. The van der Waals surface area contributed by atoms with Gasteiger partial charge in [-0.1, -0.05) is 6.92 Å². The van der Waals surface area contributed by atoms with Crippen molar-refractivity contribution in [2.24, 2.45) is 5.73 Å². The van der Waals surface area contributed by atoms with E-state index in [-0.39, 0.29) is 11.9 Å². The molecule has 1 aromatic carbocycles. The van der Waals surface area contributed by atoms with Crippen LogP contribution in [0, 0.1) is 5.82 Å². The van der Waals surface area contributed by atoms with E-state index in [0.717, 1.165) is 44.2 Å². The number of pyridine rings is 1. The fraction of sp³-hybridized carbons (Fsp3) is 0.158. The molecule has 0 fully saturated rings. The standard InChI is InChI=1S/C19H16BrFN4S/c1-2-14-18(25-9-12(20)5-8-16(25)23-14)17(22)19-24-15(10-26-19)11-3-6-13(21)7-4-11/h3-10,17H,2,22H2,1H3. The van der Waals surface area contributed by atoms with Crippen molar-refractivity contribution in [2.75, 3.05) is 0 Å². The summed E-state index contributed by atoms with van der Waals surface area (Å²) >= 11 is 5.01. The summed E-state index contributed by atoms with van der Waals surface area (Å²) in [5.41, 5.74) is 11.0. The lowest BCUT2D eigenvalue weighted by Gasteiger charge is -2.11. The fourth-order valence-corrected chi connectivity index (χ4v) is 4.14. The summed E-state index contributed by atoms with van der Waals surface area (Å²) in [7, 11) is 0. The van der Waals surface area contributed by atoms with E-state index in [0.29, 0.717) is 0 Å². The van der Waals surface area contributed by atoms with Crippen LogP contribution in [-0.4, -0.2) is 14.4 Å². The van der Waals surface area contributed by atoms with Gasteiger partial charge in [0.25, 0.3) is 0 Å². The molecule has 0 spiro atoms. The van der Waals surface area contributed by atoms with Crippen molar-refractivity contribution in [3.8, 4) is 11.3 Å². The van der Waals surface area contributed by atoms with Gasteiger partial charge < -0.3 is 10.1 Å². The molecule has 0 saturated heterocycles. The average Bonchev–Trinajstić information content (AvgIpc) is 3.26. The molecule has 1 unspecified atom stereocenters. The Balaban J connectivity index is 1.76. The molecule has 0 aliphatic carbocycles. The number of nitrogens with zero attached hydrogens (tertiary/aromatic N) is 3. The van der Waals surface area contributed by atoms with Gasteiger partial charge in [-0.3, -0.25) is 0 Å². The van der Waals surface area contributed by atoms with Crippen LogP contribution in [0.3, 0.4) is 0 Å². The molecule has 2 N–H and O–H groups in total. The van der Waals surface area contributed by atoms with E-state index >= 15 is 0 Å². The highest BCUT2D eigenvalue weighted by atomic mass is 79.9. The number of thiazole rings is 1. The number of halogens is 2. The van der Waals surface area contributed by atoms with Crippen molar-refractivity contribution in [3.05, 3.63) is 74.7 Å². The summed E-state index contributed by atoms with van der Waals surface area (Å²) in [6.45, 7) is 2.07. The van der Waals surface area contributed by atoms with Crippen LogP contribution < -0.4 is 5.73 Å². The molecule has 1 atom stereocenters. The Morgan fingerprint density at radius 3 is 2.69 bits per heavy atom. The zero-order valence-electron chi connectivity index (χ0n) is 14.0. The summed E-state index contributed by atoms with van der Waals surface area (Å²) in [5, 5.41) is 2.76. The Hall–Kier alpha value is -2.09. The van der Waals surface area contributed by atoms with Gasteiger partial charge in [0, 0.05) is 21.6 Å². The Morgan fingerprint density at radius 1 is 1.19 bits per heavy atom. The van der Waals surface area contributed by atoms with Crippen LogP contribution in [-0.2, 0) is 6.42 Å². The quantitative estimate of drug-likeness (QED) is 0.497. The first-order valence-electron chi connectivity index (χ1n) is 8.20. The second kappa shape index (κ2) is 6.90. The number of nitrogens with two attached hydrogens (primary N) is 1. The first kappa shape index (κ1) is 17.3. The largest absolute Gasteiger partial charge is 0.317 e. The van der Waals surface area contributed by atoms with E-state index in [4.69, 9.17) is 10.7 Å². The lowest BCUT2D eigenvalue weighted by atomic mass is 10.1. The van der Waals surface area contributed by atoms with E-state index in [1.165, 1.54) is 23.5 Å². The molecule has 0 amide bonds. The van der Waals surface area contributed by atoms with Crippen LogP contribution in [0.1, 0.15) is 29.4 Å². The van der Waals surface area contributed by atoms with E-state index < -0.39 is 0 Å². The molecule has 3 aromatic heterocycles. The van der Waals surface area contributed by atoms with Crippen molar-refractivity contribution in [1.29, 1.82) is 0 Å². The summed E-state index contributed by atoms with van der Waals surface area (Å²) in [6, 6.07) is 9.87. The van der Waals surface area contributed by atoms with Gasteiger partial charge in [-0.05, 0) is 58.7 Å². The van der Waals surface area contributed by atoms with Gasteiger partial charge in [-0.2, -0.15) is 0 Å². The summed E-state index contributed by atoms with van der Waals surface area (Å²) in [6.07, 6.45) is 2.77. The van der Waals surface area contributed by atoms with Gasteiger partial charge in [0.1, 0.15) is 16.5 Å². The minimum Gasteiger partial charge on any atom is -0.317 e. The van der Waals surface area contributed by atoms with Crippen LogP contribution in [0.5, 0.6) is 0 Å². The van der Waals surface area contributed by atoms with Gasteiger partial charge >= 0.3 is 0 Å². The highest BCUT2D eigenvalue weighted by Gasteiger charge is 2.22. The lowest BCUT2D eigenvalue weighted by Crippen LogP contribution is -2.16. The maximum Gasteiger partial charge on any atom is 0.137 e. The van der Waals surface area contributed by atoms with Crippen LogP contribution in [0.4, 0.5) is 4.39 Å². The molecule has 4 rings (SSSR count). The molecule has 26 heavy (non-hydrogen) atoms. The third-order valence-electron chi connectivity index (χ3n) is 4.25. The number of benzene rings is 1. The molecule has 132 valence electrons. The summed E-state index contributed by atoms with van der Waals surface area (Å²) < 4.78 is 16.1. The van der Waals surface area contributed by atoms with Crippen molar-refractivity contribution in [1.82, 2.24) is 14.4 Å². The Bertz CT molecular complexity index is 1070. The van der Waals surface area contributed by atoms with Gasteiger partial charge in [0.2, 0.25) is 0 Å². The normalized spacial score (nSPS) is 12.6. The Labute approximate surface area is 162 Å². The Kier molecular flexibility index (Phi) is 4.60. The average molecular weight is 431 g/mol. The van der Waals surface area contributed by atoms with Crippen molar-refractivity contribution in [2.45, 2.75) is 19.4 Å². The first-order valence-corrected chi connectivity index (χ1v) is 9.87. The molecule has 4 aromatic rings. The second-order valence-corrected chi connectivity index (χ2v) is 7.73. The Morgan fingerprint density at radius 2 is 1.96 bits per heavy atom. The van der Waals surface area contributed by atoms with Crippen molar-refractivity contribution in [3.63, 3.8) is 0 Å². The van der Waals surface area contributed by atoms with Crippen molar-refractivity contribution >= 4 is 32.9 Å². The highest BCUT2D eigenvalue weighted by Crippen LogP contribution is 2.30. The predicted octanol–water partition coefficient (Wildman–Crippen LogP) is 4.97. The fourth-order valence-electron chi connectivity index (χ4n) is 2.98. The number of fused-ring (bicyclic) bond motifs is 1. The minimum atomic E-state index is -0.381. The molecular weight excluding hydrogens is 415 g/mol. The molecule has 0 aliphatic rings. The van der Waals surface area contributed by atoms with E-state index in [2.05, 4.69) is 27.8 Å². The third kappa shape index (κ3) is 3.06. The molecule has 7 heteroatoms. The van der Waals surface area contributed by atoms with Crippen LogP contribution >= 0.6 is 27.3 Å². The SMILES string of the molecule is CCc1nc2ccc(Br)cn2c1C(N)c1nc(-c2ccc(F)cc2)cs1. The number of hydrogen-bond donors (Lipinski definition) is 1. The minimum absolute atomic E-state index is 0.259. The predicted molar refractivity (Wildman–Crippen MR) is 106 cm³/mol. The number of rotatable bonds is 4. The zero-order chi connectivity index (χ0) is 18.3. The van der Waals surface area contributed by atoms with Gasteiger partial charge in [-0.15, -0.1) is 11.3 Å². The maximum atomic E-state index is 13.1. The van der Waals surface area contributed by atoms with Crippen LogP contribution in [0.25, 0.3) is 16.9 Å². The number of hydrogen-bond acceptors (Lipinski definition) is 4. The smallest absolute Gasteiger partial charge is 0.137 e. The number of aryl methyl sites for hydroxylation is 1. The van der Waals surface area contributed by atoms with Crippen LogP contribution in [0.2, 0.25) is 0 Å². The zero-order valence-corrected chi connectivity index (χ0v) is 16.4. The molecule has 0 bridgehead atoms. The molecular formula is C19H16BrFN4S. The molecule has 0 aliphatic heterocycles. The molecule has 3 heterocycles. The van der Waals surface area contributed by atoms with Crippen molar-refractivity contribution < 1.29 is 4.39 Å². The van der Waals surface area contributed by atoms with Crippen LogP contribution in [0.15, 0.2) is 52.4 Å². The summed E-state index contributed by atoms with van der Waals surface area (Å²) in [4.78, 5) is 9.38. The molecule has 0 saturated carbocycles. The lowest BCUT2D eigenvalue weighted by molar-refractivity contribution is 0.628. The van der Waals surface area contributed by atoms with Gasteiger partial charge in [0.15, 0.2) is 0 Å². The van der Waals surface area contributed by atoms with Gasteiger partial charge in [0.05, 0.1) is 23.1 Å². The highest BCUT2D eigenvalue weighted by molar-refractivity contribution is 9.10. The number of aromatic nitrogens is 3. The monoisotopic (exact) mass is 430 g/mol. The number of imidazole rings is 1. The topological polar surface area (TPSA) is 56.2 Å². The first-order chi connectivity index (χ1) is 12.6.